The van der Waals surface area contributed by atoms with E-state index in [1.807, 2.05) is 18.2 Å². The second kappa shape index (κ2) is 4.58. The van der Waals surface area contributed by atoms with Crippen molar-refractivity contribution >= 4 is 5.78 Å². The lowest BCUT2D eigenvalue weighted by Gasteiger charge is -2.29. The summed E-state index contributed by atoms with van der Waals surface area (Å²) in [5, 5.41) is 0. The van der Waals surface area contributed by atoms with Crippen LogP contribution in [0.25, 0.3) is 0 Å². The number of Topliss-reactive ketones (excluding diaryl/α,β-unsaturated/α-hetero) is 1. The normalized spacial score (nSPS) is 26.6. The molecule has 2 atom stereocenters. The Balaban J connectivity index is 2.23. The molecule has 1 aromatic rings. The van der Waals surface area contributed by atoms with Gasteiger partial charge in [0.1, 0.15) is 6.10 Å². The monoisotopic (exact) mass is 204 g/mol. The molecule has 80 valence electrons. The standard InChI is InChI=1S/C13H16O2/c1-15-13-11(8-5-9-12(13)14)10-6-3-2-4-7-10/h2-4,6-7,11,13H,5,8-9H2,1H3/t11-,13-/m1/s1. The Morgan fingerprint density at radius 1 is 1.27 bits per heavy atom. The first-order valence-electron chi connectivity index (χ1n) is 5.43. The minimum Gasteiger partial charge on any atom is -0.373 e. The number of hydrogen-bond acceptors (Lipinski definition) is 2. The lowest BCUT2D eigenvalue weighted by atomic mass is 9.81. The molecule has 1 aliphatic rings. The van der Waals surface area contributed by atoms with Crippen molar-refractivity contribution in [2.24, 2.45) is 0 Å². The minimum absolute atomic E-state index is 0.235. The van der Waals surface area contributed by atoms with Gasteiger partial charge in [-0.2, -0.15) is 0 Å². The number of hydrogen-bond donors (Lipinski definition) is 0. The Morgan fingerprint density at radius 2 is 2.00 bits per heavy atom. The second-order valence-corrected chi connectivity index (χ2v) is 4.03. The third-order valence-electron chi connectivity index (χ3n) is 3.10. The average molecular weight is 204 g/mol. The molecule has 0 heterocycles. The molecule has 1 fully saturated rings. The van der Waals surface area contributed by atoms with E-state index in [0.29, 0.717) is 6.42 Å². The van der Waals surface area contributed by atoms with Gasteiger partial charge in [0.25, 0.3) is 0 Å². The van der Waals surface area contributed by atoms with Gasteiger partial charge in [-0.15, -0.1) is 0 Å². The molecule has 0 bridgehead atoms. The number of methoxy groups -OCH3 is 1. The first kappa shape index (κ1) is 10.4. The first-order valence-corrected chi connectivity index (χ1v) is 5.43. The van der Waals surface area contributed by atoms with Crippen LogP contribution in [0.4, 0.5) is 0 Å². The van der Waals surface area contributed by atoms with Gasteiger partial charge in [0.15, 0.2) is 5.78 Å². The van der Waals surface area contributed by atoms with E-state index in [2.05, 4.69) is 12.1 Å². The molecule has 2 rings (SSSR count). The molecular weight excluding hydrogens is 188 g/mol. The fraction of sp³-hybridized carbons (Fsp3) is 0.462. The molecule has 0 unspecified atom stereocenters. The second-order valence-electron chi connectivity index (χ2n) is 4.03. The number of ether oxygens (including phenoxy) is 1. The maximum absolute atomic E-state index is 11.7. The summed E-state index contributed by atoms with van der Waals surface area (Å²) in [6, 6.07) is 10.2. The van der Waals surface area contributed by atoms with Crippen molar-refractivity contribution in [2.45, 2.75) is 31.3 Å². The molecule has 15 heavy (non-hydrogen) atoms. The maximum Gasteiger partial charge on any atom is 0.162 e. The molecule has 2 nitrogen and oxygen atoms in total. The van der Waals surface area contributed by atoms with Crippen LogP contribution >= 0.6 is 0 Å². The van der Waals surface area contributed by atoms with Crippen molar-refractivity contribution in [3.05, 3.63) is 35.9 Å². The van der Waals surface area contributed by atoms with Crippen molar-refractivity contribution < 1.29 is 9.53 Å². The number of carbonyl (C=O) groups is 1. The zero-order valence-electron chi connectivity index (χ0n) is 8.98. The van der Waals surface area contributed by atoms with Gasteiger partial charge < -0.3 is 4.74 Å². The van der Waals surface area contributed by atoms with Crippen LogP contribution in [0.2, 0.25) is 0 Å². The van der Waals surface area contributed by atoms with Crippen LogP contribution in [-0.4, -0.2) is 19.0 Å². The van der Waals surface area contributed by atoms with Crippen LogP contribution in [0.1, 0.15) is 30.7 Å². The molecule has 1 saturated carbocycles. The Bertz CT molecular complexity index is 332. The van der Waals surface area contributed by atoms with Gasteiger partial charge in [0.05, 0.1) is 0 Å². The number of ketones is 1. The van der Waals surface area contributed by atoms with E-state index in [4.69, 9.17) is 4.74 Å². The fourth-order valence-electron chi connectivity index (χ4n) is 2.35. The van der Waals surface area contributed by atoms with Gasteiger partial charge in [0.2, 0.25) is 0 Å². The summed E-state index contributed by atoms with van der Waals surface area (Å²) in [5.41, 5.74) is 1.22. The fourth-order valence-corrected chi connectivity index (χ4v) is 2.35. The summed E-state index contributed by atoms with van der Waals surface area (Å²) >= 11 is 0. The van der Waals surface area contributed by atoms with Crippen molar-refractivity contribution in [3.63, 3.8) is 0 Å². The number of rotatable bonds is 2. The molecule has 0 aromatic heterocycles. The highest BCUT2D eigenvalue weighted by Crippen LogP contribution is 2.32. The third-order valence-corrected chi connectivity index (χ3v) is 3.10. The van der Waals surface area contributed by atoms with Gasteiger partial charge in [-0.05, 0) is 18.4 Å². The maximum atomic E-state index is 11.7. The van der Waals surface area contributed by atoms with E-state index < -0.39 is 0 Å². The molecule has 2 heteroatoms. The molecule has 0 radical (unpaired) electrons. The molecule has 0 spiro atoms. The molecular formula is C13H16O2. The molecule has 0 aliphatic heterocycles. The lowest BCUT2D eigenvalue weighted by molar-refractivity contribution is -0.132. The summed E-state index contributed by atoms with van der Waals surface area (Å²) in [7, 11) is 1.63. The van der Waals surface area contributed by atoms with Gasteiger partial charge in [0, 0.05) is 19.4 Å². The topological polar surface area (TPSA) is 26.3 Å². The van der Waals surface area contributed by atoms with Crippen LogP contribution in [0.3, 0.4) is 0 Å². The first-order chi connectivity index (χ1) is 7.33. The summed E-state index contributed by atoms with van der Waals surface area (Å²) in [5.74, 6) is 0.495. The van der Waals surface area contributed by atoms with Gasteiger partial charge in [-0.25, -0.2) is 0 Å². The largest absolute Gasteiger partial charge is 0.373 e. The van der Waals surface area contributed by atoms with Gasteiger partial charge >= 0.3 is 0 Å². The Kier molecular flexibility index (Phi) is 3.17. The lowest BCUT2D eigenvalue weighted by Crippen LogP contribution is -2.33. The summed E-state index contributed by atoms with van der Waals surface area (Å²) in [4.78, 5) is 11.7. The van der Waals surface area contributed by atoms with Crippen LogP contribution in [0.15, 0.2) is 30.3 Å². The highest BCUT2D eigenvalue weighted by atomic mass is 16.5. The smallest absolute Gasteiger partial charge is 0.162 e. The Hall–Kier alpha value is -1.15. The zero-order chi connectivity index (χ0) is 10.7. The summed E-state index contributed by atoms with van der Waals surface area (Å²) in [6.07, 6.45) is 2.47. The molecule has 1 aliphatic carbocycles. The minimum atomic E-state index is -0.235. The van der Waals surface area contributed by atoms with Crippen LogP contribution < -0.4 is 0 Å². The summed E-state index contributed by atoms with van der Waals surface area (Å²) < 4.78 is 5.32. The molecule has 0 N–H and O–H groups in total. The quantitative estimate of drug-likeness (QED) is 0.740. The molecule has 1 aromatic carbocycles. The predicted octanol–water partition coefficient (Wildman–Crippen LogP) is 2.54. The third kappa shape index (κ3) is 2.10. The van der Waals surface area contributed by atoms with Crippen molar-refractivity contribution in [2.75, 3.05) is 7.11 Å². The molecule has 0 amide bonds. The van der Waals surface area contributed by atoms with Crippen molar-refractivity contribution in [1.29, 1.82) is 0 Å². The van der Waals surface area contributed by atoms with E-state index in [0.717, 1.165) is 12.8 Å². The van der Waals surface area contributed by atoms with E-state index in [1.165, 1.54) is 5.56 Å². The van der Waals surface area contributed by atoms with E-state index in [-0.39, 0.29) is 17.8 Å². The van der Waals surface area contributed by atoms with Crippen molar-refractivity contribution in [1.82, 2.24) is 0 Å². The van der Waals surface area contributed by atoms with E-state index in [9.17, 15) is 4.79 Å². The predicted molar refractivity (Wildman–Crippen MR) is 58.8 cm³/mol. The SMILES string of the molecule is CO[C@H]1C(=O)CCC[C@@H]1c1ccccc1. The number of carbonyl (C=O) groups excluding carboxylic acids is 1. The zero-order valence-corrected chi connectivity index (χ0v) is 8.98. The van der Waals surface area contributed by atoms with Crippen molar-refractivity contribution in [3.8, 4) is 0 Å². The highest BCUT2D eigenvalue weighted by Gasteiger charge is 2.32. The Morgan fingerprint density at radius 3 is 2.67 bits per heavy atom. The van der Waals surface area contributed by atoms with Gasteiger partial charge in [-0.1, -0.05) is 30.3 Å². The van der Waals surface area contributed by atoms with Crippen LogP contribution in [-0.2, 0) is 9.53 Å². The summed E-state index contributed by atoms with van der Waals surface area (Å²) in [6.45, 7) is 0. The van der Waals surface area contributed by atoms with Gasteiger partial charge in [-0.3, -0.25) is 4.79 Å². The Labute approximate surface area is 90.3 Å². The van der Waals surface area contributed by atoms with E-state index >= 15 is 0 Å². The average Bonchev–Trinajstić information content (AvgIpc) is 2.30. The van der Waals surface area contributed by atoms with Crippen LogP contribution in [0.5, 0.6) is 0 Å². The highest BCUT2D eigenvalue weighted by molar-refractivity contribution is 5.85. The van der Waals surface area contributed by atoms with E-state index in [1.54, 1.807) is 7.11 Å². The molecule has 0 saturated heterocycles. The number of benzene rings is 1. The van der Waals surface area contributed by atoms with Crippen LogP contribution in [0, 0.1) is 0 Å².